The van der Waals surface area contributed by atoms with Gasteiger partial charge in [0.2, 0.25) is 5.91 Å². The molecule has 0 radical (unpaired) electrons. The molecule has 1 amide bonds. The molecular formula is C15H28N2O2. The van der Waals surface area contributed by atoms with Gasteiger partial charge in [-0.05, 0) is 56.9 Å². The Labute approximate surface area is 116 Å². The summed E-state index contributed by atoms with van der Waals surface area (Å²) in [5, 5.41) is 3.13. The summed E-state index contributed by atoms with van der Waals surface area (Å²) in [6, 6.07) is 0. The monoisotopic (exact) mass is 268 g/mol. The number of hydrogen-bond acceptors (Lipinski definition) is 3. The van der Waals surface area contributed by atoms with Crippen molar-refractivity contribution in [2.75, 3.05) is 13.7 Å². The van der Waals surface area contributed by atoms with Gasteiger partial charge in [0.05, 0.1) is 12.7 Å². The number of likely N-dealkylation sites (N-methyl/N-ethyl adjacent to an activating group) is 1. The average molecular weight is 268 g/mol. The van der Waals surface area contributed by atoms with Crippen molar-refractivity contribution in [1.82, 2.24) is 5.32 Å². The summed E-state index contributed by atoms with van der Waals surface area (Å²) in [5.74, 6) is 0.0867. The highest BCUT2D eigenvalue weighted by Crippen LogP contribution is 2.41. The molecule has 1 unspecified atom stereocenters. The van der Waals surface area contributed by atoms with Crippen LogP contribution in [0.4, 0.5) is 0 Å². The first kappa shape index (κ1) is 14.8. The maximum atomic E-state index is 11.8. The third kappa shape index (κ3) is 3.29. The molecule has 1 atom stereocenters. The standard InChI is InChI=1S/C15H28N2O2/c1-14(2)8-6-12(7-9-14)19-10-15(17-3,13(16)18)11-4-5-11/h11-12,17H,4-10H2,1-3H3,(H2,16,18). The predicted molar refractivity (Wildman–Crippen MR) is 75.7 cm³/mol. The minimum atomic E-state index is -0.646. The molecule has 0 heterocycles. The third-order valence-corrected chi connectivity index (χ3v) is 4.99. The average Bonchev–Trinajstić information content (AvgIpc) is 3.16. The highest BCUT2D eigenvalue weighted by Gasteiger charge is 2.49. The second kappa shape index (κ2) is 5.41. The number of hydrogen-bond donors (Lipinski definition) is 2. The lowest BCUT2D eigenvalue weighted by molar-refractivity contribution is -0.130. The smallest absolute Gasteiger partial charge is 0.240 e. The first-order valence-electron chi connectivity index (χ1n) is 7.50. The lowest BCUT2D eigenvalue weighted by Crippen LogP contribution is -2.59. The van der Waals surface area contributed by atoms with Crippen LogP contribution in [-0.4, -0.2) is 31.2 Å². The zero-order chi connectivity index (χ0) is 14.1. The molecule has 2 aliphatic carbocycles. The van der Waals surface area contributed by atoms with Crippen LogP contribution in [0, 0.1) is 11.3 Å². The molecule has 0 aliphatic heterocycles. The molecule has 2 fully saturated rings. The van der Waals surface area contributed by atoms with Gasteiger partial charge < -0.3 is 15.8 Å². The molecule has 0 saturated heterocycles. The van der Waals surface area contributed by atoms with E-state index in [9.17, 15) is 4.79 Å². The Morgan fingerprint density at radius 2 is 1.89 bits per heavy atom. The van der Waals surface area contributed by atoms with Crippen LogP contribution in [0.1, 0.15) is 52.4 Å². The molecule has 0 aromatic rings. The zero-order valence-corrected chi connectivity index (χ0v) is 12.5. The van der Waals surface area contributed by atoms with E-state index in [1.54, 1.807) is 0 Å². The Morgan fingerprint density at radius 1 is 1.32 bits per heavy atom. The predicted octanol–water partition coefficient (Wildman–Crippen LogP) is 1.83. The van der Waals surface area contributed by atoms with Gasteiger partial charge >= 0.3 is 0 Å². The van der Waals surface area contributed by atoms with Gasteiger partial charge in [-0.15, -0.1) is 0 Å². The lowest BCUT2D eigenvalue weighted by atomic mass is 9.76. The number of ether oxygens (including phenoxy) is 1. The molecule has 2 aliphatic rings. The fraction of sp³-hybridized carbons (Fsp3) is 0.933. The molecule has 19 heavy (non-hydrogen) atoms. The molecule has 3 N–H and O–H groups in total. The summed E-state index contributed by atoms with van der Waals surface area (Å²) < 4.78 is 6.03. The number of carbonyl (C=O) groups is 1. The highest BCUT2D eigenvalue weighted by molar-refractivity contribution is 5.85. The number of rotatable bonds is 6. The maximum absolute atomic E-state index is 11.8. The van der Waals surface area contributed by atoms with E-state index in [4.69, 9.17) is 10.5 Å². The summed E-state index contributed by atoms with van der Waals surface area (Å²) in [7, 11) is 1.82. The molecule has 0 spiro atoms. The van der Waals surface area contributed by atoms with Crippen molar-refractivity contribution in [2.45, 2.75) is 64.0 Å². The van der Waals surface area contributed by atoms with Crippen molar-refractivity contribution in [3.05, 3.63) is 0 Å². The summed E-state index contributed by atoms with van der Waals surface area (Å²) in [6.45, 7) is 5.05. The Kier molecular flexibility index (Phi) is 4.21. The molecule has 4 nitrogen and oxygen atoms in total. The summed E-state index contributed by atoms with van der Waals surface area (Å²) in [4.78, 5) is 11.8. The van der Waals surface area contributed by atoms with E-state index in [0.717, 1.165) is 25.7 Å². The van der Waals surface area contributed by atoms with Gasteiger partial charge in [-0.1, -0.05) is 13.8 Å². The number of primary amides is 1. The van der Waals surface area contributed by atoms with Gasteiger partial charge in [-0.2, -0.15) is 0 Å². The van der Waals surface area contributed by atoms with Gasteiger partial charge in [-0.3, -0.25) is 4.79 Å². The third-order valence-electron chi connectivity index (χ3n) is 4.99. The summed E-state index contributed by atoms with van der Waals surface area (Å²) in [5.41, 5.74) is 5.40. The maximum Gasteiger partial charge on any atom is 0.240 e. The quantitative estimate of drug-likeness (QED) is 0.772. The number of amides is 1. The molecule has 2 rings (SSSR count). The van der Waals surface area contributed by atoms with Crippen LogP contribution in [0.5, 0.6) is 0 Å². The number of nitrogens with one attached hydrogen (secondary N) is 1. The Hall–Kier alpha value is -0.610. The van der Waals surface area contributed by atoms with E-state index >= 15 is 0 Å². The van der Waals surface area contributed by atoms with Crippen LogP contribution < -0.4 is 11.1 Å². The van der Waals surface area contributed by atoms with E-state index in [1.165, 1.54) is 12.8 Å². The van der Waals surface area contributed by atoms with Crippen LogP contribution >= 0.6 is 0 Å². The Balaban J connectivity index is 1.88. The van der Waals surface area contributed by atoms with Crippen molar-refractivity contribution >= 4 is 5.91 Å². The van der Waals surface area contributed by atoms with Crippen molar-refractivity contribution in [3.63, 3.8) is 0 Å². The lowest BCUT2D eigenvalue weighted by Gasteiger charge is -2.37. The van der Waals surface area contributed by atoms with E-state index in [-0.39, 0.29) is 5.91 Å². The second-order valence-corrected chi connectivity index (χ2v) is 7.03. The minimum absolute atomic E-state index is 0.270. The largest absolute Gasteiger partial charge is 0.376 e. The van der Waals surface area contributed by atoms with Crippen LogP contribution in [-0.2, 0) is 9.53 Å². The molecular weight excluding hydrogens is 240 g/mol. The SMILES string of the molecule is CNC(COC1CCC(C)(C)CC1)(C(N)=O)C1CC1. The van der Waals surface area contributed by atoms with E-state index in [2.05, 4.69) is 19.2 Å². The van der Waals surface area contributed by atoms with Gasteiger partial charge in [0.15, 0.2) is 0 Å². The Bertz CT molecular complexity index is 329. The van der Waals surface area contributed by atoms with Crippen LogP contribution in [0.25, 0.3) is 0 Å². The zero-order valence-electron chi connectivity index (χ0n) is 12.5. The fourth-order valence-corrected chi connectivity index (χ4v) is 3.15. The van der Waals surface area contributed by atoms with Crippen molar-refractivity contribution in [1.29, 1.82) is 0 Å². The van der Waals surface area contributed by atoms with Crippen molar-refractivity contribution < 1.29 is 9.53 Å². The van der Waals surface area contributed by atoms with Crippen molar-refractivity contribution in [2.24, 2.45) is 17.1 Å². The fourth-order valence-electron chi connectivity index (χ4n) is 3.15. The topological polar surface area (TPSA) is 64.3 Å². The molecule has 0 bridgehead atoms. The van der Waals surface area contributed by atoms with Crippen molar-refractivity contribution in [3.8, 4) is 0 Å². The first-order chi connectivity index (χ1) is 8.89. The molecule has 4 heteroatoms. The normalized spacial score (nSPS) is 26.9. The van der Waals surface area contributed by atoms with E-state index < -0.39 is 5.54 Å². The van der Waals surface area contributed by atoms with Gasteiger partial charge in [0, 0.05) is 0 Å². The van der Waals surface area contributed by atoms with E-state index in [0.29, 0.717) is 24.0 Å². The van der Waals surface area contributed by atoms with Crippen LogP contribution in [0.15, 0.2) is 0 Å². The second-order valence-electron chi connectivity index (χ2n) is 7.03. The number of carbonyl (C=O) groups excluding carboxylic acids is 1. The van der Waals surface area contributed by atoms with E-state index in [1.807, 2.05) is 7.05 Å². The first-order valence-corrected chi connectivity index (χ1v) is 7.50. The highest BCUT2D eigenvalue weighted by atomic mass is 16.5. The molecule has 2 saturated carbocycles. The number of nitrogens with two attached hydrogens (primary N) is 1. The van der Waals surface area contributed by atoms with Gasteiger partial charge in [0.25, 0.3) is 0 Å². The molecule has 0 aromatic heterocycles. The van der Waals surface area contributed by atoms with Gasteiger partial charge in [0.1, 0.15) is 5.54 Å². The van der Waals surface area contributed by atoms with Crippen LogP contribution in [0.2, 0.25) is 0 Å². The Morgan fingerprint density at radius 3 is 2.32 bits per heavy atom. The summed E-state index contributed by atoms with van der Waals surface area (Å²) >= 11 is 0. The molecule has 110 valence electrons. The summed E-state index contributed by atoms with van der Waals surface area (Å²) in [6.07, 6.45) is 7.02. The molecule has 0 aromatic carbocycles. The minimum Gasteiger partial charge on any atom is -0.376 e. The van der Waals surface area contributed by atoms with Crippen LogP contribution in [0.3, 0.4) is 0 Å². The van der Waals surface area contributed by atoms with Gasteiger partial charge in [-0.25, -0.2) is 0 Å².